The minimum absolute atomic E-state index is 0.871. The Bertz CT molecular complexity index is 3120. The number of aryl methyl sites for hydroxylation is 2. The van der Waals surface area contributed by atoms with E-state index in [9.17, 15) is 0 Å². The van der Waals surface area contributed by atoms with Gasteiger partial charge in [-0.15, -0.1) is 0 Å². The van der Waals surface area contributed by atoms with Gasteiger partial charge in [0.25, 0.3) is 0 Å². The maximum atomic E-state index is 5.83. The van der Waals surface area contributed by atoms with E-state index < -0.39 is 0 Å². The zero-order valence-corrected chi connectivity index (χ0v) is 32.3. The van der Waals surface area contributed by atoms with Crippen LogP contribution >= 0.6 is 0 Å². The van der Waals surface area contributed by atoms with Crippen LogP contribution in [-0.4, -0.2) is 12.1 Å². The molecule has 58 heavy (non-hydrogen) atoms. The van der Waals surface area contributed by atoms with E-state index >= 15 is 0 Å². The number of ether oxygens (including phenoxy) is 1. The lowest BCUT2D eigenvalue weighted by molar-refractivity contribution is 0.415. The fourth-order valence-corrected chi connectivity index (χ4v) is 10.2. The van der Waals surface area contributed by atoms with Gasteiger partial charge in [0.15, 0.2) is 0 Å². The summed E-state index contributed by atoms with van der Waals surface area (Å²) in [5.74, 6) is 0.871. The van der Waals surface area contributed by atoms with E-state index in [1.807, 2.05) is 0 Å². The van der Waals surface area contributed by atoms with Gasteiger partial charge >= 0.3 is 0 Å². The van der Waals surface area contributed by atoms with Gasteiger partial charge < -0.3 is 4.74 Å². The number of pyridine rings is 1. The van der Waals surface area contributed by atoms with Crippen LogP contribution < -0.4 is 4.74 Å². The van der Waals surface area contributed by atoms with E-state index in [0.29, 0.717) is 0 Å². The molecule has 0 saturated heterocycles. The second-order valence-electron chi connectivity index (χ2n) is 16.0. The van der Waals surface area contributed by atoms with Gasteiger partial charge in [0.1, 0.15) is 5.75 Å². The summed E-state index contributed by atoms with van der Waals surface area (Å²) >= 11 is 0. The third-order valence-electron chi connectivity index (χ3n) is 13.0. The zero-order valence-electron chi connectivity index (χ0n) is 32.3. The molecule has 0 unspecified atom stereocenters. The van der Waals surface area contributed by atoms with Crippen LogP contribution in [0.25, 0.3) is 99.0 Å². The van der Waals surface area contributed by atoms with Gasteiger partial charge in [-0.3, -0.25) is 0 Å². The van der Waals surface area contributed by atoms with Crippen molar-refractivity contribution >= 4 is 43.1 Å². The number of benzene rings is 9. The summed E-state index contributed by atoms with van der Waals surface area (Å²) in [4.78, 5) is 5.83. The highest BCUT2D eigenvalue weighted by Gasteiger charge is 2.30. The summed E-state index contributed by atoms with van der Waals surface area (Å²) in [6.45, 7) is 0. The highest BCUT2D eigenvalue weighted by Crippen LogP contribution is 2.48. The first-order valence-electron chi connectivity index (χ1n) is 20.5. The van der Waals surface area contributed by atoms with Crippen molar-refractivity contribution in [1.82, 2.24) is 4.98 Å². The molecule has 0 spiro atoms. The summed E-state index contributed by atoms with van der Waals surface area (Å²) in [5, 5.41) is 10.2. The molecule has 0 atom stereocenters. The van der Waals surface area contributed by atoms with E-state index in [1.54, 1.807) is 7.11 Å². The van der Waals surface area contributed by atoms with Gasteiger partial charge in [-0.1, -0.05) is 133 Å². The van der Waals surface area contributed by atoms with Crippen LogP contribution in [0.2, 0.25) is 0 Å². The summed E-state index contributed by atoms with van der Waals surface area (Å²) in [7, 11) is 1.74. The first kappa shape index (κ1) is 33.1. The van der Waals surface area contributed by atoms with Crippen molar-refractivity contribution in [2.75, 3.05) is 7.11 Å². The largest absolute Gasteiger partial charge is 0.497 e. The lowest BCUT2D eigenvalue weighted by Crippen LogP contribution is -2.15. The van der Waals surface area contributed by atoms with Gasteiger partial charge in [0.05, 0.1) is 18.5 Å². The lowest BCUT2D eigenvalue weighted by Gasteiger charge is -2.30. The molecule has 0 radical (unpaired) electrons. The molecule has 2 nitrogen and oxygen atoms in total. The van der Waals surface area contributed by atoms with Crippen LogP contribution in [0.4, 0.5) is 0 Å². The molecular formula is C56H39NO. The molecule has 0 fully saturated rings. The van der Waals surface area contributed by atoms with Crippen molar-refractivity contribution in [1.29, 1.82) is 0 Å². The predicted octanol–water partition coefficient (Wildman–Crippen LogP) is 14.2. The molecule has 1 aromatic heterocycles. The topological polar surface area (TPSA) is 22.1 Å². The van der Waals surface area contributed by atoms with Crippen molar-refractivity contribution in [3.05, 3.63) is 192 Å². The summed E-state index contributed by atoms with van der Waals surface area (Å²) in [5.41, 5.74) is 17.7. The first-order valence-corrected chi connectivity index (χ1v) is 20.5. The monoisotopic (exact) mass is 741 g/mol. The van der Waals surface area contributed by atoms with Crippen molar-refractivity contribution in [3.63, 3.8) is 0 Å². The number of methoxy groups -OCH3 is 1. The van der Waals surface area contributed by atoms with Gasteiger partial charge in [0.2, 0.25) is 0 Å². The maximum absolute atomic E-state index is 5.83. The van der Waals surface area contributed by atoms with Gasteiger partial charge in [-0.25, -0.2) is 4.98 Å². The van der Waals surface area contributed by atoms with Crippen LogP contribution in [0.15, 0.2) is 170 Å². The smallest absolute Gasteiger partial charge is 0.118 e. The fraction of sp³-hybridized carbons (Fsp3) is 0.0893. The predicted molar refractivity (Wildman–Crippen MR) is 243 cm³/mol. The van der Waals surface area contributed by atoms with Crippen LogP contribution in [0, 0.1) is 0 Å². The third kappa shape index (κ3) is 5.08. The molecule has 0 aliphatic heterocycles. The molecule has 10 aromatic rings. The zero-order chi connectivity index (χ0) is 38.3. The van der Waals surface area contributed by atoms with Crippen molar-refractivity contribution in [2.24, 2.45) is 0 Å². The minimum Gasteiger partial charge on any atom is -0.497 e. The lowest BCUT2D eigenvalue weighted by atomic mass is 9.77. The second kappa shape index (κ2) is 13.0. The molecule has 1 heterocycles. The van der Waals surface area contributed by atoms with E-state index in [1.165, 1.54) is 110 Å². The van der Waals surface area contributed by atoms with E-state index in [4.69, 9.17) is 9.72 Å². The number of aromatic nitrogens is 1. The molecule has 274 valence electrons. The average molecular weight is 742 g/mol. The summed E-state index contributed by atoms with van der Waals surface area (Å²) < 4.78 is 5.64. The molecule has 0 N–H and O–H groups in total. The molecule has 2 aliphatic carbocycles. The van der Waals surface area contributed by atoms with Crippen LogP contribution in [0.5, 0.6) is 5.75 Å². The van der Waals surface area contributed by atoms with Gasteiger partial charge in [-0.05, 0) is 161 Å². The number of fused-ring (bicyclic) bond motifs is 12. The number of hydrogen-bond acceptors (Lipinski definition) is 2. The van der Waals surface area contributed by atoms with E-state index in [2.05, 4.69) is 170 Å². The molecule has 0 saturated carbocycles. The Kier molecular flexibility index (Phi) is 7.43. The summed E-state index contributed by atoms with van der Waals surface area (Å²) in [6.07, 6.45) is 3.89. The van der Waals surface area contributed by atoms with Gasteiger partial charge in [0, 0.05) is 11.1 Å². The number of hydrogen-bond donors (Lipinski definition) is 0. The molecule has 0 amide bonds. The Hall–Kier alpha value is -7.03. The third-order valence-corrected chi connectivity index (χ3v) is 13.0. The standard InChI is InChI=1S/C56H39NO/c1-58-41-26-22-36(23-27-41)54-48-28-24-34-18-20-39(50-30-37-10-2-4-12-42(37)44-14-6-8-16-46(44)50)32-52(34)55(48)57-56-49(54)29-25-35-19-21-40(33-53(35)56)51-31-38-11-3-5-13-43(38)45-15-7-9-17-47(45)51/h2-23,26-27,30-33H,24-25,28-29H2,1H3. The molecule has 9 aromatic carbocycles. The maximum Gasteiger partial charge on any atom is 0.118 e. The highest BCUT2D eigenvalue weighted by atomic mass is 16.5. The minimum atomic E-state index is 0.871. The van der Waals surface area contributed by atoms with E-state index in [-0.39, 0.29) is 0 Å². The van der Waals surface area contributed by atoms with Crippen molar-refractivity contribution < 1.29 is 4.74 Å². The molecular weight excluding hydrogens is 703 g/mol. The Morgan fingerprint density at radius 1 is 0.379 bits per heavy atom. The van der Waals surface area contributed by atoms with Crippen molar-refractivity contribution in [3.8, 4) is 61.6 Å². The molecule has 2 aliphatic rings. The SMILES string of the molecule is COc1ccc(-c2c3c(nc4c2CCc2ccc(-c5cc6ccccc6c6ccccc56)cc2-4)-c2cc(-c4cc5ccccc5c5ccccc45)ccc2CC3)cc1. The second-order valence-corrected chi connectivity index (χ2v) is 16.0. The Balaban J connectivity index is 1.10. The molecule has 12 rings (SSSR count). The normalized spacial score (nSPS) is 13.0. The van der Waals surface area contributed by atoms with Crippen LogP contribution in [0.3, 0.4) is 0 Å². The van der Waals surface area contributed by atoms with Crippen molar-refractivity contribution in [2.45, 2.75) is 25.7 Å². The quantitative estimate of drug-likeness (QED) is 0.168. The Labute approximate surface area is 338 Å². The highest BCUT2D eigenvalue weighted by molar-refractivity contribution is 6.15. The Morgan fingerprint density at radius 3 is 1.29 bits per heavy atom. The number of rotatable bonds is 4. The van der Waals surface area contributed by atoms with Crippen LogP contribution in [-0.2, 0) is 25.7 Å². The first-order chi connectivity index (χ1) is 28.7. The van der Waals surface area contributed by atoms with E-state index in [0.717, 1.165) is 42.8 Å². The molecule has 0 bridgehead atoms. The Morgan fingerprint density at radius 2 is 0.810 bits per heavy atom. The number of nitrogens with zero attached hydrogens (tertiary/aromatic N) is 1. The molecule has 2 heteroatoms. The summed E-state index contributed by atoms with van der Waals surface area (Å²) in [6, 6.07) is 62.9. The fourth-order valence-electron chi connectivity index (χ4n) is 10.2. The van der Waals surface area contributed by atoms with Gasteiger partial charge in [-0.2, -0.15) is 0 Å². The average Bonchev–Trinajstić information content (AvgIpc) is 3.30. The van der Waals surface area contributed by atoms with Crippen LogP contribution in [0.1, 0.15) is 22.3 Å².